The second-order valence-electron chi connectivity index (χ2n) is 4.72. The van der Waals surface area contributed by atoms with Gasteiger partial charge in [0.15, 0.2) is 0 Å². The zero-order valence-electron chi connectivity index (χ0n) is 10.2. The van der Waals surface area contributed by atoms with Crippen LogP contribution in [-0.4, -0.2) is 31.9 Å². The van der Waals surface area contributed by atoms with Crippen molar-refractivity contribution in [1.82, 2.24) is 4.31 Å². The van der Waals surface area contributed by atoms with Gasteiger partial charge in [-0.05, 0) is 43.5 Å². The largest absolute Gasteiger partial charge is 0.328 e. The van der Waals surface area contributed by atoms with Crippen LogP contribution < -0.4 is 5.73 Å². The van der Waals surface area contributed by atoms with Gasteiger partial charge in [-0.25, -0.2) is 12.8 Å². The van der Waals surface area contributed by atoms with E-state index in [1.165, 1.54) is 16.4 Å². The van der Waals surface area contributed by atoms with Crippen LogP contribution in [0.5, 0.6) is 0 Å². The third kappa shape index (κ3) is 2.55. The quantitative estimate of drug-likeness (QED) is 0.898. The molecule has 0 saturated carbocycles. The lowest BCUT2D eigenvalue weighted by atomic mass is 10.0. The lowest BCUT2D eigenvalue weighted by molar-refractivity contribution is 0.429. The minimum atomic E-state index is -3.51. The van der Waals surface area contributed by atoms with Crippen LogP contribution in [0.2, 0.25) is 0 Å². The molecule has 0 spiro atoms. The van der Waals surface area contributed by atoms with Gasteiger partial charge in [0.05, 0.1) is 4.90 Å². The summed E-state index contributed by atoms with van der Waals surface area (Å²) in [6.45, 7) is 2.81. The Balaban J connectivity index is 2.20. The van der Waals surface area contributed by atoms with Crippen LogP contribution in [0.3, 0.4) is 0 Å². The van der Waals surface area contributed by atoms with Crippen molar-refractivity contribution in [2.75, 3.05) is 13.1 Å². The zero-order chi connectivity index (χ0) is 13.3. The molecule has 1 saturated heterocycles. The smallest absolute Gasteiger partial charge is 0.243 e. The van der Waals surface area contributed by atoms with E-state index in [4.69, 9.17) is 5.73 Å². The van der Waals surface area contributed by atoms with Gasteiger partial charge in [0.25, 0.3) is 0 Å². The summed E-state index contributed by atoms with van der Waals surface area (Å²) in [5.74, 6) is -0.246. The minimum absolute atomic E-state index is 0.0154. The molecule has 0 aromatic heterocycles. The summed E-state index contributed by atoms with van der Waals surface area (Å²) in [5.41, 5.74) is 5.79. The van der Waals surface area contributed by atoms with Crippen LogP contribution >= 0.6 is 0 Å². The number of rotatable bonds is 3. The number of halogens is 1. The number of nitrogens with two attached hydrogens (primary N) is 1. The number of sulfonamides is 1. The fourth-order valence-corrected chi connectivity index (χ4v) is 3.67. The first-order chi connectivity index (χ1) is 8.41. The average Bonchev–Trinajstić information content (AvgIpc) is 2.79. The number of benzene rings is 1. The Bertz CT molecular complexity index is 513. The first-order valence-electron chi connectivity index (χ1n) is 5.92. The lowest BCUT2D eigenvalue weighted by Gasteiger charge is -2.18. The van der Waals surface area contributed by atoms with Crippen LogP contribution in [0.25, 0.3) is 0 Å². The predicted molar refractivity (Wildman–Crippen MR) is 66.9 cm³/mol. The fourth-order valence-electron chi connectivity index (χ4n) is 2.16. The number of nitrogens with zero attached hydrogens (tertiary/aromatic N) is 1. The molecule has 1 fully saturated rings. The highest BCUT2D eigenvalue weighted by Crippen LogP contribution is 2.25. The molecule has 1 aliphatic rings. The molecule has 0 radical (unpaired) electrons. The number of hydrogen-bond acceptors (Lipinski definition) is 3. The first kappa shape index (κ1) is 13.5. The van der Waals surface area contributed by atoms with Crippen LogP contribution in [-0.2, 0) is 10.0 Å². The normalized spacial score (nSPS) is 23.2. The van der Waals surface area contributed by atoms with Crippen LogP contribution in [0, 0.1) is 11.7 Å². The molecule has 0 aliphatic carbocycles. The Morgan fingerprint density at radius 3 is 2.50 bits per heavy atom. The SMILES string of the molecule is CC(N)C1CCN(S(=O)(=O)c2ccc(F)cc2)C1. The summed E-state index contributed by atoms with van der Waals surface area (Å²) in [4.78, 5) is 0.134. The lowest BCUT2D eigenvalue weighted by Crippen LogP contribution is -2.33. The summed E-state index contributed by atoms with van der Waals surface area (Å²) in [6.07, 6.45) is 0.776. The zero-order valence-corrected chi connectivity index (χ0v) is 11.0. The van der Waals surface area contributed by atoms with Gasteiger partial charge in [0, 0.05) is 19.1 Å². The molecule has 1 heterocycles. The van der Waals surface area contributed by atoms with E-state index in [0.29, 0.717) is 13.1 Å². The highest BCUT2D eigenvalue weighted by atomic mass is 32.2. The molecular weight excluding hydrogens is 255 g/mol. The van der Waals surface area contributed by atoms with Crippen molar-refractivity contribution in [3.63, 3.8) is 0 Å². The maximum atomic E-state index is 12.8. The molecule has 2 unspecified atom stereocenters. The van der Waals surface area contributed by atoms with Gasteiger partial charge < -0.3 is 5.73 Å². The third-order valence-electron chi connectivity index (χ3n) is 3.38. The van der Waals surface area contributed by atoms with E-state index in [1.54, 1.807) is 0 Å². The maximum absolute atomic E-state index is 12.8. The molecule has 0 bridgehead atoms. The average molecular weight is 272 g/mol. The monoisotopic (exact) mass is 272 g/mol. The summed E-state index contributed by atoms with van der Waals surface area (Å²) < 4.78 is 38.8. The summed E-state index contributed by atoms with van der Waals surface area (Å²) >= 11 is 0. The van der Waals surface area contributed by atoms with Crippen molar-refractivity contribution in [1.29, 1.82) is 0 Å². The predicted octanol–water partition coefficient (Wildman–Crippen LogP) is 1.18. The maximum Gasteiger partial charge on any atom is 0.243 e. The van der Waals surface area contributed by atoms with Crippen molar-refractivity contribution < 1.29 is 12.8 Å². The van der Waals surface area contributed by atoms with Gasteiger partial charge in [-0.3, -0.25) is 0 Å². The fraction of sp³-hybridized carbons (Fsp3) is 0.500. The molecule has 2 rings (SSSR count). The minimum Gasteiger partial charge on any atom is -0.328 e. The van der Waals surface area contributed by atoms with Gasteiger partial charge in [-0.2, -0.15) is 4.31 Å². The molecule has 1 aliphatic heterocycles. The second kappa shape index (κ2) is 4.95. The van der Waals surface area contributed by atoms with Gasteiger partial charge in [0.1, 0.15) is 5.82 Å². The van der Waals surface area contributed by atoms with Crippen molar-refractivity contribution in [3.05, 3.63) is 30.1 Å². The van der Waals surface area contributed by atoms with E-state index in [0.717, 1.165) is 18.6 Å². The molecule has 4 nitrogen and oxygen atoms in total. The molecule has 6 heteroatoms. The van der Waals surface area contributed by atoms with Gasteiger partial charge in [0.2, 0.25) is 10.0 Å². The van der Waals surface area contributed by atoms with Crippen LogP contribution in [0.15, 0.2) is 29.2 Å². The van der Waals surface area contributed by atoms with Crippen LogP contribution in [0.1, 0.15) is 13.3 Å². The Kier molecular flexibility index (Phi) is 3.70. The Hall–Kier alpha value is -0.980. The Morgan fingerprint density at radius 1 is 1.39 bits per heavy atom. The molecule has 2 N–H and O–H groups in total. The highest BCUT2D eigenvalue weighted by molar-refractivity contribution is 7.89. The molecule has 2 atom stereocenters. The van der Waals surface area contributed by atoms with E-state index in [9.17, 15) is 12.8 Å². The Labute approximate surface area is 107 Å². The number of hydrogen-bond donors (Lipinski definition) is 1. The van der Waals surface area contributed by atoms with Gasteiger partial charge in [-0.15, -0.1) is 0 Å². The molecule has 1 aromatic rings. The van der Waals surface area contributed by atoms with E-state index in [1.807, 2.05) is 6.92 Å². The molecule has 1 aromatic carbocycles. The highest BCUT2D eigenvalue weighted by Gasteiger charge is 2.33. The van der Waals surface area contributed by atoms with Crippen molar-refractivity contribution >= 4 is 10.0 Å². The van der Waals surface area contributed by atoms with Gasteiger partial charge in [-0.1, -0.05) is 0 Å². The molecular formula is C12H17FN2O2S. The topological polar surface area (TPSA) is 63.4 Å². The summed E-state index contributed by atoms with van der Waals surface area (Å²) in [6, 6.07) is 4.89. The van der Waals surface area contributed by atoms with Crippen molar-refractivity contribution in [2.24, 2.45) is 11.7 Å². The molecule has 18 heavy (non-hydrogen) atoms. The van der Waals surface area contributed by atoms with E-state index < -0.39 is 15.8 Å². The Morgan fingerprint density at radius 2 is 2.00 bits per heavy atom. The molecule has 0 amide bonds. The molecule has 100 valence electrons. The van der Waals surface area contributed by atoms with E-state index in [2.05, 4.69) is 0 Å². The van der Waals surface area contributed by atoms with Gasteiger partial charge >= 0.3 is 0 Å². The summed E-state index contributed by atoms with van der Waals surface area (Å²) in [5, 5.41) is 0. The third-order valence-corrected chi connectivity index (χ3v) is 5.26. The first-order valence-corrected chi connectivity index (χ1v) is 7.36. The van der Waals surface area contributed by atoms with Crippen LogP contribution in [0.4, 0.5) is 4.39 Å². The van der Waals surface area contributed by atoms with E-state index in [-0.39, 0.29) is 16.9 Å². The standard InChI is InChI=1S/C12H17FN2O2S/c1-9(14)10-6-7-15(8-10)18(16,17)12-4-2-11(13)3-5-12/h2-5,9-10H,6-8,14H2,1H3. The second-order valence-corrected chi connectivity index (χ2v) is 6.66. The van der Waals surface area contributed by atoms with Crippen molar-refractivity contribution in [3.8, 4) is 0 Å². The van der Waals surface area contributed by atoms with E-state index >= 15 is 0 Å². The van der Waals surface area contributed by atoms with Crippen molar-refractivity contribution in [2.45, 2.75) is 24.3 Å². The summed E-state index contributed by atoms with van der Waals surface area (Å²) in [7, 11) is -3.51.